The Morgan fingerprint density at radius 1 is 1.04 bits per heavy atom. The molecule has 0 fully saturated rings. The van der Waals surface area contributed by atoms with Crippen LogP contribution in [0.15, 0.2) is 30.3 Å². The smallest absolute Gasteiger partial charge is 0.327 e. The Balaban J connectivity index is 2.77. The molecule has 9 nitrogen and oxygen atoms in total. The molecule has 0 aliphatic rings. The van der Waals surface area contributed by atoms with Crippen LogP contribution in [-0.2, 0) is 25.6 Å². The van der Waals surface area contributed by atoms with Crippen LogP contribution in [0.4, 0.5) is 0 Å². The van der Waals surface area contributed by atoms with Crippen molar-refractivity contribution in [3.8, 4) is 0 Å². The Kier molecular flexibility index (Phi) is 9.31. The highest BCUT2D eigenvalue weighted by Crippen LogP contribution is 2.04. The predicted molar refractivity (Wildman–Crippen MR) is 102 cm³/mol. The largest absolute Gasteiger partial charge is 0.480 e. The van der Waals surface area contributed by atoms with Crippen molar-refractivity contribution < 1.29 is 24.3 Å². The molecule has 1 aromatic rings. The number of nitrogens with two attached hydrogens (primary N) is 2. The van der Waals surface area contributed by atoms with Gasteiger partial charge in [-0.3, -0.25) is 14.4 Å². The lowest BCUT2D eigenvalue weighted by Crippen LogP contribution is -2.55. The Morgan fingerprint density at radius 3 is 2.15 bits per heavy atom. The molecule has 1 aromatic carbocycles. The third-order valence-electron chi connectivity index (χ3n) is 3.74. The Bertz CT molecular complexity index is 671. The molecule has 10 heteroatoms. The van der Waals surface area contributed by atoms with Crippen LogP contribution in [0.25, 0.3) is 0 Å². The molecule has 0 bridgehead atoms. The summed E-state index contributed by atoms with van der Waals surface area (Å²) in [6.45, 7) is 0. The standard InChI is InChI=1S/C17H24N4O5S/c18-11(8-10-4-2-1-3-5-10)15(23)20-12(6-7-14(19)22)16(24)21-13(9-27)17(25)26/h1-5,11-13,27H,6-9,18H2,(H2,19,22)(H,20,23)(H,21,24)(H,25,26). The third kappa shape index (κ3) is 8.09. The van der Waals surface area contributed by atoms with Crippen molar-refractivity contribution in [3.05, 3.63) is 35.9 Å². The number of nitrogens with one attached hydrogen (secondary N) is 2. The van der Waals surface area contributed by atoms with Crippen LogP contribution in [-0.4, -0.2) is 52.7 Å². The van der Waals surface area contributed by atoms with E-state index in [9.17, 15) is 19.2 Å². The summed E-state index contributed by atoms with van der Waals surface area (Å²) in [5.74, 6) is -3.40. The van der Waals surface area contributed by atoms with Gasteiger partial charge in [-0.1, -0.05) is 30.3 Å². The lowest BCUT2D eigenvalue weighted by Gasteiger charge is -2.22. The fourth-order valence-corrected chi connectivity index (χ4v) is 2.50. The lowest BCUT2D eigenvalue weighted by atomic mass is 10.0. The number of benzene rings is 1. The van der Waals surface area contributed by atoms with Gasteiger partial charge in [0, 0.05) is 12.2 Å². The molecule has 7 N–H and O–H groups in total. The molecule has 0 spiro atoms. The summed E-state index contributed by atoms with van der Waals surface area (Å²) in [5, 5.41) is 13.7. The number of carboxylic acids is 1. The number of rotatable bonds is 11. The first-order valence-corrected chi connectivity index (χ1v) is 8.90. The van der Waals surface area contributed by atoms with Gasteiger partial charge in [0.15, 0.2) is 0 Å². The summed E-state index contributed by atoms with van der Waals surface area (Å²) in [6, 6.07) is 5.79. The zero-order chi connectivity index (χ0) is 20.4. The van der Waals surface area contributed by atoms with Gasteiger partial charge in [0.25, 0.3) is 0 Å². The fourth-order valence-electron chi connectivity index (χ4n) is 2.25. The number of carbonyl (C=O) groups excluding carboxylic acids is 3. The predicted octanol–water partition coefficient (Wildman–Crippen LogP) is -1.19. The van der Waals surface area contributed by atoms with E-state index in [0.29, 0.717) is 0 Å². The van der Waals surface area contributed by atoms with Gasteiger partial charge in [0.2, 0.25) is 17.7 Å². The van der Waals surface area contributed by atoms with Crippen LogP contribution in [0.5, 0.6) is 0 Å². The minimum Gasteiger partial charge on any atom is -0.480 e. The molecule has 0 aliphatic carbocycles. The first kappa shape index (κ1) is 22.5. The van der Waals surface area contributed by atoms with E-state index in [1.54, 1.807) is 0 Å². The average molecular weight is 396 g/mol. The van der Waals surface area contributed by atoms with E-state index in [4.69, 9.17) is 16.6 Å². The van der Waals surface area contributed by atoms with Crippen molar-refractivity contribution in [2.45, 2.75) is 37.4 Å². The number of carbonyl (C=O) groups is 4. The second kappa shape index (κ2) is 11.2. The van der Waals surface area contributed by atoms with E-state index in [2.05, 4.69) is 23.3 Å². The van der Waals surface area contributed by atoms with Crippen LogP contribution in [0.1, 0.15) is 18.4 Å². The topological polar surface area (TPSA) is 165 Å². The second-order valence-corrected chi connectivity index (χ2v) is 6.31. The first-order valence-electron chi connectivity index (χ1n) is 8.26. The first-order chi connectivity index (χ1) is 12.7. The SMILES string of the molecule is NC(=O)CCC(NC(=O)C(N)Cc1ccccc1)C(=O)NC(CS)C(=O)O. The molecule has 0 radical (unpaired) electrons. The summed E-state index contributed by atoms with van der Waals surface area (Å²) in [5.41, 5.74) is 11.8. The number of hydrogen-bond donors (Lipinski definition) is 6. The van der Waals surface area contributed by atoms with Crippen LogP contribution in [0, 0.1) is 0 Å². The molecule has 148 valence electrons. The van der Waals surface area contributed by atoms with Gasteiger partial charge < -0.3 is 27.2 Å². The maximum Gasteiger partial charge on any atom is 0.327 e. The molecule has 0 aliphatic heterocycles. The molecule has 3 atom stereocenters. The van der Waals surface area contributed by atoms with Gasteiger partial charge in [0.1, 0.15) is 12.1 Å². The number of carboxylic acid groups (broad SMARTS) is 1. The van der Waals surface area contributed by atoms with Gasteiger partial charge >= 0.3 is 5.97 Å². The van der Waals surface area contributed by atoms with E-state index in [0.717, 1.165) is 5.56 Å². The van der Waals surface area contributed by atoms with Gasteiger partial charge in [-0.2, -0.15) is 12.6 Å². The zero-order valence-electron chi connectivity index (χ0n) is 14.6. The highest BCUT2D eigenvalue weighted by molar-refractivity contribution is 7.80. The van der Waals surface area contributed by atoms with Crippen molar-refractivity contribution in [3.63, 3.8) is 0 Å². The maximum atomic E-state index is 12.3. The molecular weight excluding hydrogens is 372 g/mol. The van der Waals surface area contributed by atoms with Gasteiger partial charge in [-0.25, -0.2) is 4.79 Å². The molecule has 0 aromatic heterocycles. The van der Waals surface area contributed by atoms with Crippen molar-refractivity contribution >= 4 is 36.3 Å². The highest BCUT2D eigenvalue weighted by Gasteiger charge is 2.27. The highest BCUT2D eigenvalue weighted by atomic mass is 32.1. The quantitative estimate of drug-likeness (QED) is 0.257. The van der Waals surface area contributed by atoms with Crippen LogP contribution < -0.4 is 22.1 Å². The lowest BCUT2D eigenvalue weighted by molar-refractivity contribution is -0.141. The summed E-state index contributed by atoms with van der Waals surface area (Å²) < 4.78 is 0. The number of hydrogen-bond acceptors (Lipinski definition) is 6. The Hall–Kier alpha value is -2.59. The third-order valence-corrected chi connectivity index (χ3v) is 4.11. The monoisotopic (exact) mass is 396 g/mol. The Labute approximate surface area is 162 Å². The fraction of sp³-hybridized carbons (Fsp3) is 0.412. The summed E-state index contributed by atoms with van der Waals surface area (Å²) in [4.78, 5) is 46.7. The summed E-state index contributed by atoms with van der Waals surface area (Å²) in [7, 11) is 0. The number of primary amides is 1. The molecule has 1 rings (SSSR count). The van der Waals surface area contributed by atoms with E-state index < -0.39 is 41.8 Å². The molecular formula is C17H24N4O5S. The number of aliphatic carboxylic acids is 1. The molecule has 3 unspecified atom stereocenters. The minimum atomic E-state index is -1.26. The molecule has 0 heterocycles. The Morgan fingerprint density at radius 2 is 1.63 bits per heavy atom. The molecule has 27 heavy (non-hydrogen) atoms. The second-order valence-electron chi connectivity index (χ2n) is 5.94. The van der Waals surface area contributed by atoms with Crippen molar-refractivity contribution in [1.82, 2.24) is 10.6 Å². The summed E-state index contributed by atoms with van der Waals surface area (Å²) in [6.07, 6.45) is 0.0139. The molecule has 0 saturated heterocycles. The minimum absolute atomic E-state index is 0.0795. The number of amides is 3. The van der Waals surface area contributed by atoms with E-state index >= 15 is 0 Å². The number of thiol groups is 1. The average Bonchev–Trinajstić information content (AvgIpc) is 2.62. The van der Waals surface area contributed by atoms with Gasteiger partial charge in [-0.05, 0) is 18.4 Å². The normalized spacial score (nSPS) is 13.9. The molecule has 0 saturated carbocycles. The van der Waals surface area contributed by atoms with Crippen LogP contribution in [0.3, 0.4) is 0 Å². The van der Waals surface area contributed by atoms with Gasteiger partial charge in [0.05, 0.1) is 6.04 Å². The maximum absolute atomic E-state index is 12.3. The van der Waals surface area contributed by atoms with Crippen LogP contribution in [0.2, 0.25) is 0 Å². The van der Waals surface area contributed by atoms with E-state index in [1.807, 2.05) is 30.3 Å². The van der Waals surface area contributed by atoms with Crippen LogP contribution >= 0.6 is 12.6 Å². The van der Waals surface area contributed by atoms with Gasteiger partial charge in [-0.15, -0.1) is 0 Å². The molecule has 3 amide bonds. The van der Waals surface area contributed by atoms with Crippen molar-refractivity contribution in [1.29, 1.82) is 0 Å². The summed E-state index contributed by atoms with van der Waals surface area (Å²) >= 11 is 3.86. The van der Waals surface area contributed by atoms with E-state index in [1.165, 1.54) is 0 Å². The van der Waals surface area contributed by atoms with Crippen molar-refractivity contribution in [2.75, 3.05) is 5.75 Å². The zero-order valence-corrected chi connectivity index (χ0v) is 15.5. The van der Waals surface area contributed by atoms with Crippen molar-refractivity contribution in [2.24, 2.45) is 11.5 Å². The van der Waals surface area contributed by atoms with E-state index in [-0.39, 0.29) is 25.0 Å².